The normalized spacial score (nSPS) is 11.0. The average molecular weight is 165 g/mol. The third-order valence-electron chi connectivity index (χ3n) is 0.655. The Hall–Kier alpha value is -1.03. The maximum Gasteiger partial charge on any atom is 0.205 e. The van der Waals surface area contributed by atoms with Crippen LogP contribution in [0, 0.1) is 12.5 Å². The standard InChI is InChI=1S/C5H6.C4H10.C2H3N/c1-2-4-5-3-1;1-4(2)3;1-3-2/h1-4H,5H2;4H,1-3H3;1H3. The van der Waals surface area contributed by atoms with Gasteiger partial charge in [-0.1, -0.05) is 45.1 Å². The predicted molar refractivity (Wildman–Crippen MR) is 55.9 cm³/mol. The Bertz CT molecular complexity index is 146. The molecule has 0 aliphatic heterocycles. The van der Waals surface area contributed by atoms with Crippen LogP contribution in [-0.2, 0) is 0 Å². The minimum absolute atomic E-state index is 0.833. The van der Waals surface area contributed by atoms with Gasteiger partial charge in [-0.25, -0.2) is 6.57 Å². The first-order chi connectivity index (χ1) is 5.65. The van der Waals surface area contributed by atoms with Crippen molar-refractivity contribution in [1.29, 1.82) is 0 Å². The summed E-state index contributed by atoms with van der Waals surface area (Å²) in [7, 11) is 1.42. The van der Waals surface area contributed by atoms with Gasteiger partial charge in [0.25, 0.3) is 0 Å². The highest BCUT2D eigenvalue weighted by Crippen LogP contribution is 1.93. The van der Waals surface area contributed by atoms with Crippen molar-refractivity contribution in [3.8, 4) is 0 Å². The Morgan fingerprint density at radius 2 is 1.42 bits per heavy atom. The van der Waals surface area contributed by atoms with E-state index in [-0.39, 0.29) is 0 Å². The van der Waals surface area contributed by atoms with Crippen LogP contribution >= 0.6 is 0 Å². The molecule has 1 rings (SSSR count). The predicted octanol–water partition coefficient (Wildman–Crippen LogP) is 3.70. The van der Waals surface area contributed by atoms with E-state index in [1.807, 2.05) is 0 Å². The summed E-state index contributed by atoms with van der Waals surface area (Å²) in [6.07, 6.45) is 9.50. The molecular formula is C11H19N. The SMILES string of the molecule is C1=CCC=C1.CC(C)C.[C-]#[N+]C. The number of hydrogen-bond acceptors (Lipinski definition) is 0. The minimum Gasteiger partial charge on any atom is -0.320 e. The molecule has 0 unspecified atom stereocenters. The molecule has 1 heteroatoms. The Balaban J connectivity index is 0. The van der Waals surface area contributed by atoms with Crippen molar-refractivity contribution >= 4 is 0 Å². The summed E-state index contributed by atoms with van der Waals surface area (Å²) in [6.45, 7) is 12.3. The smallest absolute Gasteiger partial charge is 0.205 e. The monoisotopic (exact) mass is 165 g/mol. The summed E-state index contributed by atoms with van der Waals surface area (Å²) in [5.41, 5.74) is 0. The minimum atomic E-state index is 0.833. The van der Waals surface area contributed by atoms with E-state index in [1.165, 1.54) is 7.05 Å². The van der Waals surface area contributed by atoms with Crippen molar-refractivity contribution in [2.45, 2.75) is 27.2 Å². The molecule has 0 aromatic heterocycles. The largest absolute Gasteiger partial charge is 0.320 e. The molecule has 0 aromatic rings. The molecule has 0 bridgehead atoms. The van der Waals surface area contributed by atoms with Crippen molar-refractivity contribution in [1.82, 2.24) is 0 Å². The van der Waals surface area contributed by atoms with Gasteiger partial charge in [0, 0.05) is 0 Å². The molecule has 0 radical (unpaired) electrons. The number of rotatable bonds is 0. The van der Waals surface area contributed by atoms with Crippen molar-refractivity contribution in [2.24, 2.45) is 5.92 Å². The summed E-state index contributed by atoms with van der Waals surface area (Å²) in [5.74, 6) is 0.833. The molecule has 0 saturated carbocycles. The molecule has 1 aliphatic rings. The Morgan fingerprint density at radius 3 is 1.50 bits per heavy atom. The topological polar surface area (TPSA) is 4.36 Å². The van der Waals surface area contributed by atoms with E-state index >= 15 is 0 Å². The van der Waals surface area contributed by atoms with Gasteiger partial charge in [-0.3, -0.25) is 0 Å². The molecule has 0 fully saturated rings. The van der Waals surface area contributed by atoms with Crippen LogP contribution in [0.25, 0.3) is 4.85 Å². The van der Waals surface area contributed by atoms with Crippen LogP contribution in [0.5, 0.6) is 0 Å². The molecule has 0 atom stereocenters. The molecule has 0 amide bonds. The van der Waals surface area contributed by atoms with Gasteiger partial charge in [0.15, 0.2) is 0 Å². The van der Waals surface area contributed by atoms with Crippen LogP contribution in [-0.4, -0.2) is 7.05 Å². The zero-order valence-corrected chi connectivity index (χ0v) is 8.54. The van der Waals surface area contributed by atoms with Gasteiger partial charge in [0.2, 0.25) is 7.05 Å². The average Bonchev–Trinajstić information content (AvgIpc) is 2.40. The van der Waals surface area contributed by atoms with Crippen LogP contribution in [0.3, 0.4) is 0 Å². The number of allylic oxidation sites excluding steroid dienone is 4. The molecule has 0 saturated heterocycles. The van der Waals surface area contributed by atoms with E-state index in [9.17, 15) is 0 Å². The van der Waals surface area contributed by atoms with Crippen molar-refractivity contribution < 1.29 is 0 Å². The third-order valence-corrected chi connectivity index (χ3v) is 0.655. The summed E-state index contributed by atoms with van der Waals surface area (Å²) in [5, 5.41) is 0. The van der Waals surface area contributed by atoms with Gasteiger partial charge in [-0.15, -0.1) is 0 Å². The van der Waals surface area contributed by atoms with E-state index < -0.39 is 0 Å². The summed E-state index contributed by atoms with van der Waals surface area (Å²) < 4.78 is 0. The highest BCUT2D eigenvalue weighted by atomic mass is 14.5. The van der Waals surface area contributed by atoms with Crippen LogP contribution in [0.2, 0.25) is 0 Å². The zero-order valence-electron chi connectivity index (χ0n) is 8.54. The van der Waals surface area contributed by atoms with Crippen LogP contribution < -0.4 is 0 Å². The van der Waals surface area contributed by atoms with Gasteiger partial charge in [-0.2, -0.15) is 0 Å². The second-order valence-corrected chi connectivity index (χ2v) is 3.05. The lowest BCUT2D eigenvalue weighted by Gasteiger charge is -1.79. The Labute approximate surface area is 76.6 Å². The van der Waals surface area contributed by atoms with Gasteiger partial charge in [0.05, 0.1) is 0 Å². The zero-order chi connectivity index (χ0) is 9.82. The highest BCUT2D eigenvalue weighted by Gasteiger charge is 1.72. The fourth-order valence-electron chi connectivity index (χ4n) is 0.393. The lowest BCUT2D eigenvalue weighted by molar-refractivity contribution is 0.737. The number of nitrogens with zero attached hydrogens (tertiary/aromatic N) is 1. The van der Waals surface area contributed by atoms with Gasteiger partial charge in [-0.05, 0) is 12.3 Å². The molecule has 1 aliphatic carbocycles. The maximum atomic E-state index is 5.83. The van der Waals surface area contributed by atoms with Gasteiger partial charge < -0.3 is 4.85 Å². The van der Waals surface area contributed by atoms with E-state index in [1.54, 1.807) is 0 Å². The first-order valence-corrected chi connectivity index (χ1v) is 4.22. The Morgan fingerprint density at radius 1 is 1.17 bits per heavy atom. The molecule has 0 spiro atoms. The van der Waals surface area contributed by atoms with E-state index in [4.69, 9.17) is 6.57 Å². The van der Waals surface area contributed by atoms with Crippen molar-refractivity contribution in [2.75, 3.05) is 7.05 Å². The van der Waals surface area contributed by atoms with Crippen LogP contribution in [0.4, 0.5) is 0 Å². The van der Waals surface area contributed by atoms with E-state index in [2.05, 4.69) is 49.9 Å². The molecule has 0 aromatic carbocycles. The van der Waals surface area contributed by atoms with Gasteiger partial charge >= 0.3 is 0 Å². The quantitative estimate of drug-likeness (QED) is 0.482. The van der Waals surface area contributed by atoms with Gasteiger partial charge in [0.1, 0.15) is 0 Å². The highest BCUT2D eigenvalue weighted by molar-refractivity contribution is 5.11. The second kappa shape index (κ2) is 12.6. The molecule has 1 nitrogen and oxygen atoms in total. The maximum absolute atomic E-state index is 5.83. The summed E-state index contributed by atoms with van der Waals surface area (Å²) in [4.78, 5) is 2.75. The van der Waals surface area contributed by atoms with Crippen LogP contribution in [0.15, 0.2) is 24.3 Å². The molecular weight excluding hydrogens is 146 g/mol. The second-order valence-electron chi connectivity index (χ2n) is 3.05. The molecule has 68 valence electrons. The van der Waals surface area contributed by atoms with Crippen molar-refractivity contribution in [3.63, 3.8) is 0 Å². The fourth-order valence-corrected chi connectivity index (χ4v) is 0.393. The van der Waals surface area contributed by atoms with E-state index in [0.29, 0.717) is 0 Å². The fraction of sp³-hybridized carbons (Fsp3) is 0.545. The molecule has 12 heavy (non-hydrogen) atoms. The third kappa shape index (κ3) is 36.2. The lowest BCUT2D eigenvalue weighted by Crippen LogP contribution is -1.66. The molecule has 0 N–H and O–H groups in total. The summed E-state index contributed by atoms with van der Waals surface area (Å²) >= 11 is 0. The van der Waals surface area contributed by atoms with E-state index in [0.717, 1.165) is 12.3 Å². The first-order valence-electron chi connectivity index (χ1n) is 4.22. The van der Waals surface area contributed by atoms with Crippen molar-refractivity contribution in [3.05, 3.63) is 35.7 Å². The first kappa shape index (κ1) is 13.6. The van der Waals surface area contributed by atoms with Crippen LogP contribution in [0.1, 0.15) is 27.2 Å². The number of hydrogen-bond donors (Lipinski definition) is 0. The summed E-state index contributed by atoms with van der Waals surface area (Å²) in [6, 6.07) is 0. The Kier molecular flexibility index (Phi) is 14.3. The molecule has 0 heterocycles. The lowest BCUT2D eigenvalue weighted by atomic mass is 10.3.